The van der Waals surface area contributed by atoms with Gasteiger partial charge in [-0.2, -0.15) is 0 Å². The van der Waals surface area contributed by atoms with Crippen molar-refractivity contribution >= 4 is 5.91 Å². The van der Waals surface area contributed by atoms with E-state index in [-0.39, 0.29) is 24.5 Å². The predicted molar refractivity (Wildman–Crippen MR) is 65.7 cm³/mol. The van der Waals surface area contributed by atoms with Crippen molar-refractivity contribution in [1.29, 1.82) is 0 Å². The molecule has 0 saturated carbocycles. The maximum absolute atomic E-state index is 12.2. The fourth-order valence-electron chi connectivity index (χ4n) is 2.11. The minimum atomic E-state index is -0.104. The van der Waals surface area contributed by atoms with E-state index < -0.39 is 0 Å². The van der Waals surface area contributed by atoms with Crippen molar-refractivity contribution in [3.05, 3.63) is 0 Å². The van der Waals surface area contributed by atoms with Crippen LogP contribution in [0.3, 0.4) is 0 Å². The lowest BCUT2D eigenvalue weighted by Crippen LogP contribution is -2.46. The Hall–Kier alpha value is -0.650. The highest BCUT2D eigenvalue weighted by Crippen LogP contribution is 2.16. The molecule has 1 rings (SSSR count). The van der Waals surface area contributed by atoms with Crippen molar-refractivity contribution in [3.63, 3.8) is 0 Å². The number of carbonyl (C=O) groups is 1. The van der Waals surface area contributed by atoms with Crippen molar-refractivity contribution in [2.24, 2.45) is 5.92 Å². The first-order chi connectivity index (χ1) is 8.24. The number of nitrogens with zero attached hydrogens (tertiary/aromatic N) is 1. The number of ether oxygens (including phenoxy) is 1. The van der Waals surface area contributed by atoms with Gasteiger partial charge in [0.05, 0.1) is 25.7 Å². The van der Waals surface area contributed by atoms with Crippen molar-refractivity contribution in [2.75, 3.05) is 39.5 Å². The fourth-order valence-corrected chi connectivity index (χ4v) is 2.11. The van der Waals surface area contributed by atoms with Crippen molar-refractivity contribution in [1.82, 2.24) is 10.2 Å². The van der Waals surface area contributed by atoms with Gasteiger partial charge in [0.1, 0.15) is 0 Å². The quantitative estimate of drug-likeness (QED) is 0.653. The first kappa shape index (κ1) is 14.4. The van der Waals surface area contributed by atoms with Crippen LogP contribution in [0, 0.1) is 5.92 Å². The van der Waals surface area contributed by atoms with Gasteiger partial charge in [-0.05, 0) is 19.9 Å². The highest BCUT2D eigenvalue weighted by atomic mass is 16.5. The number of rotatable bonds is 7. The zero-order valence-electron chi connectivity index (χ0n) is 10.8. The Morgan fingerprint density at radius 1 is 1.47 bits per heavy atom. The Balaban J connectivity index is 2.53. The Kier molecular flexibility index (Phi) is 6.47. The number of nitrogens with one attached hydrogen (secondary N) is 1. The zero-order chi connectivity index (χ0) is 12.7. The summed E-state index contributed by atoms with van der Waals surface area (Å²) in [5.41, 5.74) is 0. The van der Waals surface area contributed by atoms with Crippen LogP contribution < -0.4 is 5.32 Å². The van der Waals surface area contributed by atoms with Crippen molar-refractivity contribution in [3.8, 4) is 0 Å². The van der Waals surface area contributed by atoms with Gasteiger partial charge in [-0.15, -0.1) is 0 Å². The molecule has 2 unspecified atom stereocenters. The Bertz CT molecular complexity index is 236. The molecule has 5 heteroatoms. The topological polar surface area (TPSA) is 61.8 Å². The molecule has 1 saturated heterocycles. The van der Waals surface area contributed by atoms with E-state index in [1.54, 1.807) is 4.90 Å². The number of amides is 1. The van der Waals surface area contributed by atoms with Crippen LogP contribution in [0.25, 0.3) is 0 Å². The summed E-state index contributed by atoms with van der Waals surface area (Å²) >= 11 is 0. The molecular weight excluding hydrogens is 220 g/mol. The largest absolute Gasteiger partial charge is 0.395 e. The van der Waals surface area contributed by atoms with E-state index in [4.69, 9.17) is 9.84 Å². The normalized spacial score (nSPS) is 23.9. The summed E-state index contributed by atoms with van der Waals surface area (Å²) in [6, 6.07) is 0.121. The van der Waals surface area contributed by atoms with Gasteiger partial charge in [-0.25, -0.2) is 0 Å². The molecule has 0 aromatic carbocycles. The van der Waals surface area contributed by atoms with Gasteiger partial charge in [0.25, 0.3) is 0 Å². The molecule has 0 aliphatic carbocycles. The second-order valence-corrected chi connectivity index (χ2v) is 4.35. The van der Waals surface area contributed by atoms with E-state index >= 15 is 0 Å². The fraction of sp³-hybridized carbons (Fsp3) is 0.917. The number of hydrogen-bond acceptors (Lipinski definition) is 4. The van der Waals surface area contributed by atoms with Crippen LogP contribution in [0.5, 0.6) is 0 Å². The number of carbonyl (C=O) groups excluding carboxylic acids is 1. The standard InChI is InChI=1S/C12H24N2O3/c1-3-5-13-11-9-17-8-10(11)12(16)14(4-2)6-7-15/h10-11,13,15H,3-9H2,1-2H3. The summed E-state index contributed by atoms with van der Waals surface area (Å²) in [7, 11) is 0. The maximum atomic E-state index is 12.2. The molecule has 0 bridgehead atoms. The first-order valence-electron chi connectivity index (χ1n) is 6.45. The van der Waals surface area contributed by atoms with Gasteiger partial charge in [0.2, 0.25) is 5.91 Å². The second-order valence-electron chi connectivity index (χ2n) is 4.35. The van der Waals surface area contributed by atoms with Crippen LogP contribution in [-0.4, -0.2) is 61.4 Å². The molecule has 2 atom stereocenters. The zero-order valence-corrected chi connectivity index (χ0v) is 10.8. The van der Waals surface area contributed by atoms with Gasteiger partial charge < -0.3 is 20.1 Å². The van der Waals surface area contributed by atoms with E-state index in [0.717, 1.165) is 13.0 Å². The van der Waals surface area contributed by atoms with Gasteiger partial charge in [-0.1, -0.05) is 6.92 Å². The molecule has 0 aromatic heterocycles. The molecule has 1 amide bonds. The van der Waals surface area contributed by atoms with Crippen LogP contribution in [0.15, 0.2) is 0 Å². The van der Waals surface area contributed by atoms with Crippen LogP contribution >= 0.6 is 0 Å². The third-order valence-corrected chi connectivity index (χ3v) is 3.12. The molecule has 0 radical (unpaired) electrons. The van der Waals surface area contributed by atoms with Gasteiger partial charge >= 0.3 is 0 Å². The first-order valence-corrected chi connectivity index (χ1v) is 6.45. The lowest BCUT2D eigenvalue weighted by Gasteiger charge is -2.26. The number of hydrogen-bond donors (Lipinski definition) is 2. The minimum absolute atomic E-state index is 0.0141. The maximum Gasteiger partial charge on any atom is 0.229 e. The summed E-state index contributed by atoms with van der Waals surface area (Å²) in [6.45, 7) is 7.09. The van der Waals surface area contributed by atoms with Crippen molar-refractivity contribution < 1.29 is 14.6 Å². The highest BCUT2D eigenvalue weighted by Gasteiger charge is 2.35. The molecule has 0 aromatic rings. The van der Waals surface area contributed by atoms with E-state index in [2.05, 4.69) is 12.2 Å². The Morgan fingerprint density at radius 2 is 2.24 bits per heavy atom. The smallest absolute Gasteiger partial charge is 0.229 e. The Labute approximate surface area is 103 Å². The Morgan fingerprint density at radius 3 is 2.82 bits per heavy atom. The molecule has 1 aliphatic heterocycles. The second kappa shape index (κ2) is 7.63. The number of likely N-dealkylation sites (N-methyl/N-ethyl adjacent to an activating group) is 1. The van der Waals surface area contributed by atoms with Crippen LogP contribution in [0.2, 0.25) is 0 Å². The number of aliphatic hydroxyl groups excluding tert-OH is 1. The highest BCUT2D eigenvalue weighted by molar-refractivity contribution is 5.80. The predicted octanol–water partition coefficient (Wildman–Crippen LogP) is -0.158. The summed E-state index contributed by atoms with van der Waals surface area (Å²) in [5, 5.41) is 12.3. The van der Waals surface area contributed by atoms with Crippen LogP contribution in [0.4, 0.5) is 0 Å². The lowest BCUT2D eigenvalue weighted by molar-refractivity contribution is -0.136. The molecule has 1 aliphatic rings. The number of aliphatic hydroxyl groups is 1. The van der Waals surface area contributed by atoms with Crippen LogP contribution in [-0.2, 0) is 9.53 Å². The molecule has 17 heavy (non-hydrogen) atoms. The molecule has 1 heterocycles. The van der Waals surface area contributed by atoms with E-state index in [0.29, 0.717) is 26.3 Å². The van der Waals surface area contributed by atoms with Crippen LogP contribution in [0.1, 0.15) is 20.3 Å². The molecule has 0 spiro atoms. The monoisotopic (exact) mass is 244 g/mol. The summed E-state index contributed by atoms with van der Waals surface area (Å²) in [5.74, 6) is -0.0132. The van der Waals surface area contributed by atoms with E-state index in [1.807, 2.05) is 6.92 Å². The average Bonchev–Trinajstić information content (AvgIpc) is 2.80. The van der Waals surface area contributed by atoms with Gasteiger partial charge in [0, 0.05) is 19.1 Å². The summed E-state index contributed by atoms with van der Waals surface area (Å²) in [4.78, 5) is 13.9. The molecule has 1 fully saturated rings. The SMILES string of the molecule is CCCNC1COCC1C(=O)N(CC)CCO. The van der Waals surface area contributed by atoms with Gasteiger partial charge in [0.15, 0.2) is 0 Å². The summed E-state index contributed by atoms with van der Waals surface area (Å²) < 4.78 is 5.39. The molecule has 5 nitrogen and oxygen atoms in total. The molecular formula is C12H24N2O3. The van der Waals surface area contributed by atoms with Gasteiger partial charge in [-0.3, -0.25) is 4.79 Å². The summed E-state index contributed by atoms with van der Waals surface area (Å²) in [6.07, 6.45) is 1.05. The third kappa shape index (κ3) is 3.94. The molecule has 100 valence electrons. The van der Waals surface area contributed by atoms with Crippen molar-refractivity contribution in [2.45, 2.75) is 26.3 Å². The third-order valence-electron chi connectivity index (χ3n) is 3.12. The van der Waals surface area contributed by atoms with E-state index in [9.17, 15) is 4.79 Å². The minimum Gasteiger partial charge on any atom is -0.395 e. The average molecular weight is 244 g/mol. The molecule has 2 N–H and O–H groups in total. The lowest BCUT2D eigenvalue weighted by atomic mass is 10.0. The van der Waals surface area contributed by atoms with E-state index in [1.165, 1.54) is 0 Å².